The molecule has 0 heterocycles. The van der Waals surface area contributed by atoms with Gasteiger partial charge in [0.05, 0.1) is 17.7 Å². The Morgan fingerprint density at radius 1 is 1.08 bits per heavy atom. The molecule has 1 aromatic carbocycles. The first-order valence-corrected chi connectivity index (χ1v) is 13.2. The number of amides is 3. The van der Waals surface area contributed by atoms with Gasteiger partial charge in [-0.05, 0) is 37.3 Å². The zero-order valence-electron chi connectivity index (χ0n) is 20.9. The average Bonchev–Trinajstić information content (AvgIpc) is 2.77. The fourth-order valence-electron chi connectivity index (χ4n) is 3.14. The van der Waals surface area contributed by atoms with Crippen LogP contribution in [0.2, 0.25) is 0 Å². The molecule has 1 rings (SSSR count). The summed E-state index contributed by atoms with van der Waals surface area (Å²) < 4.78 is 25.4. The van der Waals surface area contributed by atoms with E-state index < -0.39 is 51.3 Å². The van der Waals surface area contributed by atoms with E-state index in [9.17, 15) is 32.9 Å². The van der Waals surface area contributed by atoms with Gasteiger partial charge in [0.25, 0.3) is 5.69 Å². The highest BCUT2D eigenvalue weighted by Gasteiger charge is 2.25. The van der Waals surface area contributed by atoms with Crippen LogP contribution < -0.4 is 32.1 Å². The molecule has 1 aromatic rings. The van der Waals surface area contributed by atoms with Crippen LogP contribution in [0.1, 0.15) is 33.1 Å². The maximum absolute atomic E-state index is 12.8. The van der Waals surface area contributed by atoms with Gasteiger partial charge < -0.3 is 27.4 Å². The van der Waals surface area contributed by atoms with E-state index in [2.05, 4.69) is 25.7 Å². The van der Waals surface area contributed by atoms with Crippen LogP contribution in [0.4, 0.5) is 11.4 Å². The maximum Gasteiger partial charge on any atom is 0.269 e. The Hall–Kier alpha value is -3.79. The maximum atomic E-state index is 12.8. The van der Waals surface area contributed by atoms with Crippen LogP contribution in [0.3, 0.4) is 0 Å². The smallest absolute Gasteiger partial charge is 0.269 e. The number of rotatable bonds is 15. The number of nitrogens with one attached hydrogen (secondary N) is 4. The molecule has 15 nitrogen and oxygen atoms in total. The first-order valence-electron chi connectivity index (χ1n) is 11.3. The first-order chi connectivity index (χ1) is 17.2. The second-order valence-electron chi connectivity index (χ2n) is 8.65. The average molecular weight is 543 g/mol. The fraction of sp³-hybridized carbons (Fsp3) is 0.524. The van der Waals surface area contributed by atoms with Crippen molar-refractivity contribution in [1.82, 2.24) is 15.4 Å². The number of carbonyl (C=O) groups excluding carboxylic acids is 3. The molecule has 0 bridgehead atoms. The number of carbonyl (C=O) groups is 3. The number of benzene rings is 1. The Bertz CT molecular complexity index is 1090. The van der Waals surface area contributed by atoms with Crippen molar-refractivity contribution in [2.45, 2.75) is 45.2 Å². The topological polar surface area (TPSA) is 241 Å². The summed E-state index contributed by atoms with van der Waals surface area (Å²) in [5.41, 5.74) is 10.7. The lowest BCUT2D eigenvalue weighted by Crippen LogP contribution is -2.51. The molecular weight excluding hydrogens is 508 g/mol. The van der Waals surface area contributed by atoms with Crippen LogP contribution in [-0.2, 0) is 24.4 Å². The molecule has 0 saturated carbocycles. The van der Waals surface area contributed by atoms with Crippen LogP contribution in [0.5, 0.6) is 0 Å². The van der Waals surface area contributed by atoms with Crippen molar-refractivity contribution >= 4 is 45.1 Å². The van der Waals surface area contributed by atoms with Crippen LogP contribution >= 0.6 is 0 Å². The SMILES string of the molecule is CC(C)C[C@@H](NS(C)(=O)=O)C(=O)NCC(=O)N[C@@H](CCCN=C(N)N)C(=O)Nc1ccc([N+](=O)[O-])cc1. The van der Waals surface area contributed by atoms with Gasteiger partial charge in [-0.3, -0.25) is 29.5 Å². The third-order valence-electron chi connectivity index (χ3n) is 4.75. The molecule has 8 N–H and O–H groups in total. The van der Waals surface area contributed by atoms with Crippen LogP contribution in [0, 0.1) is 16.0 Å². The van der Waals surface area contributed by atoms with Crippen molar-refractivity contribution in [2.75, 3.05) is 24.7 Å². The van der Waals surface area contributed by atoms with E-state index >= 15 is 0 Å². The van der Waals surface area contributed by atoms with Gasteiger partial charge in [-0.25, -0.2) is 13.1 Å². The summed E-state index contributed by atoms with van der Waals surface area (Å²) in [5, 5.41) is 18.3. The minimum absolute atomic E-state index is 0.00320. The molecular formula is C21H34N8O7S. The number of hydrogen-bond acceptors (Lipinski definition) is 8. The Labute approximate surface area is 215 Å². The number of anilines is 1. The number of nitro groups is 1. The lowest BCUT2D eigenvalue weighted by Gasteiger charge is -2.20. The van der Waals surface area contributed by atoms with Gasteiger partial charge in [-0.15, -0.1) is 0 Å². The lowest BCUT2D eigenvalue weighted by atomic mass is 10.0. The van der Waals surface area contributed by atoms with E-state index in [1.807, 2.05) is 13.8 Å². The van der Waals surface area contributed by atoms with Gasteiger partial charge in [0, 0.05) is 24.4 Å². The highest BCUT2D eigenvalue weighted by Crippen LogP contribution is 2.16. The van der Waals surface area contributed by atoms with E-state index in [0.717, 1.165) is 6.26 Å². The Balaban J connectivity index is 2.84. The molecule has 37 heavy (non-hydrogen) atoms. The molecule has 0 saturated heterocycles. The molecule has 0 unspecified atom stereocenters. The van der Waals surface area contributed by atoms with Crippen molar-refractivity contribution in [3.8, 4) is 0 Å². The van der Waals surface area contributed by atoms with Gasteiger partial charge >= 0.3 is 0 Å². The highest BCUT2D eigenvalue weighted by molar-refractivity contribution is 7.88. The summed E-state index contributed by atoms with van der Waals surface area (Å²) in [6, 6.07) is 3.01. The number of nitrogens with two attached hydrogens (primary N) is 2. The number of nitrogens with zero attached hydrogens (tertiary/aromatic N) is 2. The van der Waals surface area contributed by atoms with Gasteiger partial charge in [0.1, 0.15) is 12.1 Å². The number of non-ortho nitro benzene ring substituents is 1. The molecule has 0 aliphatic heterocycles. The second-order valence-corrected chi connectivity index (χ2v) is 10.4. The minimum atomic E-state index is -3.67. The minimum Gasteiger partial charge on any atom is -0.370 e. The van der Waals surface area contributed by atoms with Crippen LogP contribution in [0.15, 0.2) is 29.3 Å². The van der Waals surface area contributed by atoms with Crippen molar-refractivity contribution in [3.63, 3.8) is 0 Å². The summed E-state index contributed by atoms with van der Waals surface area (Å²) in [5.74, 6) is -2.11. The summed E-state index contributed by atoms with van der Waals surface area (Å²) >= 11 is 0. The number of sulfonamides is 1. The number of nitro benzene ring substituents is 1. The van der Waals surface area contributed by atoms with Crippen LogP contribution in [-0.4, -0.2) is 68.5 Å². The zero-order valence-corrected chi connectivity index (χ0v) is 21.7. The molecule has 0 fully saturated rings. The van der Waals surface area contributed by atoms with Gasteiger partial charge in [-0.2, -0.15) is 0 Å². The second kappa shape index (κ2) is 14.7. The van der Waals surface area contributed by atoms with Gasteiger partial charge in [0.15, 0.2) is 5.96 Å². The zero-order chi connectivity index (χ0) is 28.2. The molecule has 16 heteroatoms. The largest absolute Gasteiger partial charge is 0.370 e. The van der Waals surface area contributed by atoms with Gasteiger partial charge in [-0.1, -0.05) is 13.8 Å². The normalized spacial score (nSPS) is 12.8. The number of aliphatic imine (C=N–C) groups is 1. The lowest BCUT2D eigenvalue weighted by molar-refractivity contribution is -0.384. The van der Waals surface area contributed by atoms with Crippen molar-refractivity contribution in [2.24, 2.45) is 22.4 Å². The highest BCUT2D eigenvalue weighted by atomic mass is 32.2. The molecule has 2 atom stereocenters. The monoisotopic (exact) mass is 542 g/mol. The quantitative estimate of drug-likeness (QED) is 0.0531. The van der Waals surface area contributed by atoms with E-state index in [1.165, 1.54) is 24.3 Å². The first kappa shape index (κ1) is 31.2. The van der Waals surface area contributed by atoms with Crippen molar-refractivity contribution in [3.05, 3.63) is 34.4 Å². The number of guanidine groups is 1. The Kier molecular flexibility index (Phi) is 12.4. The van der Waals surface area contributed by atoms with Gasteiger partial charge in [0.2, 0.25) is 27.7 Å². The van der Waals surface area contributed by atoms with E-state index in [-0.39, 0.29) is 42.6 Å². The third kappa shape index (κ3) is 13.2. The molecule has 0 radical (unpaired) electrons. The molecule has 3 amide bonds. The van der Waals surface area contributed by atoms with Crippen LogP contribution in [0.25, 0.3) is 0 Å². The predicted molar refractivity (Wildman–Crippen MR) is 138 cm³/mol. The summed E-state index contributed by atoms with van der Waals surface area (Å²) in [7, 11) is -3.67. The summed E-state index contributed by atoms with van der Waals surface area (Å²) in [6.07, 6.45) is 1.61. The summed E-state index contributed by atoms with van der Waals surface area (Å²) in [4.78, 5) is 51.9. The molecule has 0 aromatic heterocycles. The summed E-state index contributed by atoms with van der Waals surface area (Å²) in [6.45, 7) is 3.32. The van der Waals surface area contributed by atoms with E-state index in [0.29, 0.717) is 6.42 Å². The predicted octanol–water partition coefficient (Wildman–Crippen LogP) is -0.848. The standard InChI is InChI=1S/C21H34N8O7S/c1-13(2)11-17(28-37(3,35)36)19(31)25-12-18(30)27-16(5-4-10-24-21(22)23)20(32)26-14-6-8-15(9-7-14)29(33)34/h6-9,13,16-17,28H,4-5,10-12H2,1-3H3,(H,25,31)(H,26,32)(H,27,30)(H4,22,23,24)/t16-,17+/m0/s1. The third-order valence-corrected chi connectivity index (χ3v) is 5.46. The van der Waals surface area contributed by atoms with Crippen molar-refractivity contribution < 1.29 is 27.7 Å². The van der Waals surface area contributed by atoms with Crippen molar-refractivity contribution in [1.29, 1.82) is 0 Å². The fourth-order valence-corrected chi connectivity index (χ4v) is 3.86. The molecule has 0 aliphatic carbocycles. The number of hydrogen-bond donors (Lipinski definition) is 6. The molecule has 0 spiro atoms. The Morgan fingerprint density at radius 2 is 1.70 bits per heavy atom. The molecule has 206 valence electrons. The molecule has 0 aliphatic rings. The Morgan fingerprint density at radius 3 is 2.22 bits per heavy atom. The van der Waals surface area contributed by atoms with E-state index in [1.54, 1.807) is 0 Å². The van der Waals surface area contributed by atoms with E-state index in [4.69, 9.17) is 11.5 Å².